The minimum atomic E-state index is 0.220. The van der Waals surface area contributed by atoms with Gasteiger partial charge in [-0.3, -0.25) is 9.69 Å². The van der Waals surface area contributed by atoms with Gasteiger partial charge in [-0.1, -0.05) is 23.7 Å². The number of amides is 1. The van der Waals surface area contributed by atoms with Crippen LogP contribution in [0, 0.1) is 5.41 Å². The molecule has 2 aliphatic heterocycles. The van der Waals surface area contributed by atoms with Crippen LogP contribution in [0.1, 0.15) is 25.3 Å². The number of carbonyl (C=O) groups excluding carboxylic acids is 1. The fraction of sp³-hybridized carbons (Fsp3) is 0.562. The number of hydrogen-bond donors (Lipinski definition) is 0. The molecular weight excluding hydrogens is 272 g/mol. The zero-order valence-corrected chi connectivity index (χ0v) is 12.7. The van der Waals surface area contributed by atoms with Gasteiger partial charge in [0.25, 0.3) is 0 Å². The van der Waals surface area contributed by atoms with Crippen LogP contribution in [-0.2, 0) is 11.3 Å². The van der Waals surface area contributed by atoms with E-state index in [9.17, 15) is 4.79 Å². The van der Waals surface area contributed by atoms with Gasteiger partial charge in [-0.15, -0.1) is 0 Å². The third-order valence-corrected chi connectivity index (χ3v) is 4.97. The van der Waals surface area contributed by atoms with Crippen molar-refractivity contribution in [1.29, 1.82) is 0 Å². The highest BCUT2D eigenvalue weighted by atomic mass is 35.5. The van der Waals surface area contributed by atoms with Crippen LogP contribution in [0.25, 0.3) is 0 Å². The summed E-state index contributed by atoms with van der Waals surface area (Å²) in [5.41, 5.74) is 1.66. The van der Waals surface area contributed by atoms with Crippen molar-refractivity contribution >= 4 is 17.5 Å². The third kappa shape index (κ3) is 2.84. The summed E-state index contributed by atoms with van der Waals surface area (Å²) >= 11 is 5.92. The largest absolute Gasteiger partial charge is 0.342 e. The first-order valence-corrected chi connectivity index (χ1v) is 7.66. The van der Waals surface area contributed by atoms with Crippen molar-refractivity contribution in [2.75, 3.05) is 26.2 Å². The van der Waals surface area contributed by atoms with Crippen LogP contribution in [0.2, 0.25) is 5.02 Å². The molecule has 0 N–H and O–H groups in total. The molecule has 3 rings (SSSR count). The number of carbonyl (C=O) groups is 1. The highest BCUT2D eigenvalue weighted by molar-refractivity contribution is 6.30. The number of likely N-dealkylation sites (tertiary alicyclic amines) is 2. The van der Waals surface area contributed by atoms with Gasteiger partial charge in [0.1, 0.15) is 0 Å². The van der Waals surface area contributed by atoms with Gasteiger partial charge >= 0.3 is 0 Å². The van der Waals surface area contributed by atoms with E-state index < -0.39 is 0 Å². The molecule has 4 heteroatoms. The predicted molar refractivity (Wildman–Crippen MR) is 80.7 cm³/mol. The fourth-order valence-electron chi connectivity index (χ4n) is 3.55. The molecule has 2 fully saturated rings. The first kappa shape index (κ1) is 13.9. The first-order valence-electron chi connectivity index (χ1n) is 7.29. The maximum Gasteiger partial charge on any atom is 0.219 e. The standard InChI is InChI=1S/C16H21ClN2O/c1-13(20)19-9-7-16(12-19)6-8-18(11-16)10-14-2-4-15(17)5-3-14/h2-5H,6-12H2,1H3. The Hall–Kier alpha value is -1.06. The second kappa shape index (κ2) is 5.38. The van der Waals surface area contributed by atoms with Crippen LogP contribution < -0.4 is 0 Å². The number of halogens is 1. The Balaban J connectivity index is 1.60. The molecule has 0 bridgehead atoms. The lowest BCUT2D eigenvalue weighted by atomic mass is 9.86. The summed E-state index contributed by atoms with van der Waals surface area (Å²) in [5.74, 6) is 0.220. The number of rotatable bonds is 2. The first-order chi connectivity index (χ1) is 9.56. The Morgan fingerprint density at radius 1 is 1.20 bits per heavy atom. The summed E-state index contributed by atoms with van der Waals surface area (Å²) in [5, 5.41) is 0.791. The van der Waals surface area contributed by atoms with Crippen molar-refractivity contribution in [3.05, 3.63) is 34.9 Å². The van der Waals surface area contributed by atoms with Crippen molar-refractivity contribution in [2.45, 2.75) is 26.3 Å². The molecule has 1 atom stereocenters. The van der Waals surface area contributed by atoms with Gasteiger partial charge in [-0.2, -0.15) is 0 Å². The molecule has 2 saturated heterocycles. The van der Waals surface area contributed by atoms with E-state index in [2.05, 4.69) is 17.0 Å². The quantitative estimate of drug-likeness (QED) is 0.837. The summed E-state index contributed by atoms with van der Waals surface area (Å²) < 4.78 is 0. The van der Waals surface area contributed by atoms with Gasteiger partial charge in [0, 0.05) is 43.5 Å². The summed E-state index contributed by atoms with van der Waals surface area (Å²) in [4.78, 5) is 16.0. The Bertz CT molecular complexity index is 502. The average Bonchev–Trinajstić information content (AvgIpc) is 3.01. The van der Waals surface area contributed by atoms with Gasteiger partial charge in [0.2, 0.25) is 5.91 Å². The van der Waals surface area contributed by atoms with Crippen LogP contribution >= 0.6 is 11.6 Å². The summed E-state index contributed by atoms with van der Waals surface area (Å²) in [6.45, 7) is 6.79. The van der Waals surface area contributed by atoms with Crippen LogP contribution in [0.3, 0.4) is 0 Å². The molecule has 0 aromatic heterocycles. The predicted octanol–water partition coefficient (Wildman–Crippen LogP) is 2.78. The van der Waals surface area contributed by atoms with E-state index in [1.165, 1.54) is 12.0 Å². The Morgan fingerprint density at radius 3 is 2.55 bits per heavy atom. The highest BCUT2D eigenvalue weighted by Gasteiger charge is 2.43. The normalized spacial score (nSPS) is 26.6. The minimum Gasteiger partial charge on any atom is -0.342 e. The van der Waals surface area contributed by atoms with Crippen molar-refractivity contribution in [2.24, 2.45) is 5.41 Å². The Labute approximate surface area is 125 Å². The molecule has 2 heterocycles. The minimum absolute atomic E-state index is 0.220. The number of benzene rings is 1. The molecule has 108 valence electrons. The monoisotopic (exact) mass is 292 g/mol. The lowest BCUT2D eigenvalue weighted by molar-refractivity contribution is -0.128. The van der Waals surface area contributed by atoms with E-state index in [0.29, 0.717) is 5.41 Å². The zero-order chi connectivity index (χ0) is 14.2. The maximum absolute atomic E-state index is 11.5. The molecule has 1 aromatic carbocycles. The molecule has 0 saturated carbocycles. The highest BCUT2D eigenvalue weighted by Crippen LogP contribution is 2.39. The van der Waals surface area contributed by atoms with Gasteiger partial charge in [0.15, 0.2) is 0 Å². The van der Waals surface area contributed by atoms with Gasteiger partial charge in [0.05, 0.1) is 0 Å². The molecule has 3 nitrogen and oxygen atoms in total. The number of hydrogen-bond acceptors (Lipinski definition) is 2. The fourth-order valence-corrected chi connectivity index (χ4v) is 3.67. The lowest BCUT2D eigenvalue weighted by Crippen LogP contribution is -2.32. The summed E-state index contributed by atoms with van der Waals surface area (Å²) in [7, 11) is 0. The van der Waals surface area contributed by atoms with Gasteiger partial charge in [-0.05, 0) is 37.1 Å². The van der Waals surface area contributed by atoms with Crippen LogP contribution in [0.4, 0.5) is 0 Å². The third-order valence-electron chi connectivity index (χ3n) is 4.72. The van der Waals surface area contributed by atoms with E-state index in [1.807, 2.05) is 17.0 Å². The van der Waals surface area contributed by atoms with E-state index in [-0.39, 0.29) is 5.91 Å². The second-order valence-electron chi connectivity index (χ2n) is 6.28. The molecule has 2 aliphatic rings. The van der Waals surface area contributed by atoms with Crippen molar-refractivity contribution in [1.82, 2.24) is 9.80 Å². The van der Waals surface area contributed by atoms with Crippen LogP contribution in [-0.4, -0.2) is 41.9 Å². The molecular formula is C16H21ClN2O. The average molecular weight is 293 g/mol. The van der Waals surface area contributed by atoms with E-state index in [4.69, 9.17) is 11.6 Å². The van der Waals surface area contributed by atoms with E-state index in [0.717, 1.165) is 44.2 Å². The second-order valence-corrected chi connectivity index (χ2v) is 6.71. The van der Waals surface area contributed by atoms with Crippen molar-refractivity contribution < 1.29 is 4.79 Å². The van der Waals surface area contributed by atoms with Gasteiger partial charge in [-0.25, -0.2) is 0 Å². The molecule has 1 aromatic rings. The van der Waals surface area contributed by atoms with E-state index >= 15 is 0 Å². The Kier molecular flexibility index (Phi) is 3.74. The molecule has 1 unspecified atom stereocenters. The lowest BCUT2D eigenvalue weighted by Gasteiger charge is -2.24. The van der Waals surface area contributed by atoms with Gasteiger partial charge < -0.3 is 4.90 Å². The van der Waals surface area contributed by atoms with Crippen LogP contribution in [0.15, 0.2) is 24.3 Å². The summed E-state index contributed by atoms with van der Waals surface area (Å²) in [6, 6.07) is 8.11. The molecule has 20 heavy (non-hydrogen) atoms. The molecule has 1 amide bonds. The number of nitrogens with zero attached hydrogens (tertiary/aromatic N) is 2. The van der Waals surface area contributed by atoms with Crippen molar-refractivity contribution in [3.63, 3.8) is 0 Å². The Morgan fingerprint density at radius 2 is 1.90 bits per heavy atom. The zero-order valence-electron chi connectivity index (χ0n) is 11.9. The smallest absolute Gasteiger partial charge is 0.219 e. The topological polar surface area (TPSA) is 23.6 Å². The maximum atomic E-state index is 11.5. The van der Waals surface area contributed by atoms with Crippen LogP contribution in [0.5, 0.6) is 0 Å². The SMILES string of the molecule is CC(=O)N1CCC2(CCN(Cc3ccc(Cl)cc3)C2)C1. The van der Waals surface area contributed by atoms with E-state index in [1.54, 1.807) is 6.92 Å². The molecule has 0 radical (unpaired) electrons. The molecule has 1 spiro atoms. The van der Waals surface area contributed by atoms with Crippen molar-refractivity contribution in [3.8, 4) is 0 Å². The molecule has 0 aliphatic carbocycles. The summed E-state index contributed by atoms with van der Waals surface area (Å²) in [6.07, 6.45) is 2.37.